The molecule has 0 bridgehead atoms. The highest BCUT2D eigenvalue weighted by molar-refractivity contribution is 7.80. The summed E-state index contributed by atoms with van der Waals surface area (Å²) in [6.45, 7) is 13.3. The van der Waals surface area contributed by atoms with Gasteiger partial charge in [0.15, 0.2) is 0 Å². The standard InChI is InChI=1S/C33H45N3O7S/c1-8-22-15-12-16-24(19-22)27(36(17-18-37)29(39)26(21-44)35-31(41)43-33(5,6)7)28(38)34-25(30(40)42-32(2,3)4)20-23-13-10-9-11-14-23/h8-16,19,25-27,37,44H,1,17-18,20-21H2,2-7H3,(H,34,38)(H,35,41). The second-order valence-corrected chi connectivity index (χ2v) is 12.6. The van der Waals surface area contributed by atoms with E-state index in [1.807, 2.05) is 30.3 Å². The molecule has 3 unspecified atom stereocenters. The van der Waals surface area contributed by atoms with Crippen molar-refractivity contribution in [3.05, 3.63) is 77.9 Å². The summed E-state index contributed by atoms with van der Waals surface area (Å²) in [6.07, 6.45) is 0.890. The first kappa shape index (κ1) is 36.4. The van der Waals surface area contributed by atoms with Gasteiger partial charge in [-0.2, -0.15) is 12.6 Å². The molecule has 0 aliphatic rings. The fraction of sp³-hybridized carbons (Fsp3) is 0.455. The maximum atomic E-state index is 14.2. The third kappa shape index (κ3) is 11.7. The number of benzene rings is 2. The van der Waals surface area contributed by atoms with Crippen LogP contribution >= 0.6 is 12.6 Å². The molecule has 2 rings (SSSR count). The molecule has 3 amide bonds. The lowest BCUT2D eigenvalue weighted by molar-refractivity contribution is -0.159. The Morgan fingerprint density at radius 2 is 1.57 bits per heavy atom. The van der Waals surface area contributed by atoms with Crippen molar-refractivity contribution in [2.45, 2.75) is 77.3 Å². The fourth-order valence-corrected chi connectivity index (χ4v) is 4.55. The maximum Gasteiger partial charge on any atom is 0.408 e. The third-order valence-corrected chi connectivity index (χ3v) is 6.47. The van der Waals surface area contributed by atoms with Crippen LogP contribution in [0.4, 0.5) is 4.79 Å². The summed E-state index contributed by atoms with van der Waals surface area (Å²) in [4.78, 5) is 55.2. The van der Waals surface area contributed by atoms with E-state index in [4.69, 9.17) is 9.47 Å². The number of nitrogens with one attached hydrogen (secondary N) is 2. The second kappa shape index (κ2) is 16.3. The van der Waals surface area contributed by atoms with Crippen molar-refractivity contribution in [1.82, 2.24) is 15.5 Å². The molecule has 2 aromatic rings. The minimum Gasteiger partial charge on any atom is -0.458 e. The number of ether oxygens (including phenoxy) is 2. The van der Waals surface area contributed by atoms with E-state index < -0.39 is 59.8 Å². The largest absolute Gasteiger partial charge is 0.458 e. The molecule has 3 N–H and O–H groups in total. The van der Waals surface area contributed by atoms with Crippen LogP contribution in [0.5, 0.6) is 0 Å². The van der Waals surface area contributed by atoms with Crippen molar-refractivity contribution in [3.63, 3.8) is 0 Å². The van der Waals surface area contributed by atoms with Gasteiger partial charge in [0.05, 0.1) is 6.61 Å². The van der Waals surface area contributed by atoms with Crippen LogP contribution in [-0.2, 0) is 30.3 Å². The first-order valence-corrected chi connectivity index (χ1v) is 15.0. The molecule has 240 valence electrons. The highest BCUT2D eigenvalue weighted by Crippen LogP contribution is 2.25. The number of carbonyl (C=O) groups is 4. The van der Waals surface area contributed by atoms with Crippen LogP contribution in [0.3, 0.4) is 0 Å². The van der Waals surface area contributed by atoms with Crippen LogP contribution < -0.4 is 10.6 Å². The van der Waals surface area contributed by atoms with Crippen molar-refractivity contribution < 1.29 is 33.8 Å². The predicted octanol–water partition coefficient (Wildman–Crippen LogP) is 4.08. The summed E-state index contributed by atoms with van der Waals surface area (Å²) in [6, 6.07) is 12.4. The van der Waals surface area contributed by atoms with E-state index in [0.29, 0.717) is 11.1 Å². The van der Waals surface area contributed by atoms with Crippen molar-refractivity contribution >= 4 is 42.6 Å². The minimum atomic E-state index is -1.31. The number of aliphatic hydroxyl groups is 1. The first-order chi connectivity index (χ1) is 20.6. The van der Waals surface area contributed by atoms with Gasteiger partial charge in [-0.05, 0) is 64.3 Å². The van der Waals surface area contributed by atoms with E-state index in [1.165, 1.54) is 0 Å². The molecule has 0 saturated heterocycles. The summed E-state index contributed by atoms with van der Waals surface area (Å²) >= 11 is 4.26. The molecule has 0 radical (unpaired) electrons. The summed E-state index contributed by atoms with van der Waals surface area (Å²) in [7, 11) is 0. The third-order valence-electron chi connectivity index (χ3n) is 6.11. The quantitative estimate of drug-likeness (QED) is 0.194. The zero-order valence-electron chi connectivity index (χ0n) is 26.3. The Labute approximate surface area is 265 Å². The van der Waals surface area contributed by atoms with Gasteiger partial charge in [-0.1, -0.05) is 61.2 Å². The summed E-state index contributed by atoms with van der Waals surface area (Å²) in [5, 5.41) is 15.3. The number of hydrogen-bond acceptors (Lipinski definition) is 8. The number of esters is 1. The van der Waals surface area contributed by atoms with E-state index in [1.54, 1.807) is 71.9 Å². The number of aliphatic hydroxyl groups excluding tert-OH is 1. The van der Waals surface area contributed by atoms with Crippen molar-refractivity contribution in [2.75, 3.05) is 18.9 Å². The average molecular weight is 628 g/mol. The minimum absolute atomic E-state index is 0.115. The number of thiol groups is 1. The van der Waals surface area contributed by atoms with E-state index in [2.05, 4.69) is 29.8 Å². The topological polar surface area (TPSA) is 134 Å². The van der Waals surface area contributed by atoms with Gasteiger partial charge in [-0.15, -0.1) is 0 Å². The number of alkyl carbamates (subject to hydrolysis) is 1. The monoisotopic (exact) mass is 627 g/mol. The van der Waals surface area contributed by atoms with Crippen LogP contribution in [0.25, 0.3) is 6.08 Å². The van der Waals surface area contributed by atoms with Gasteiger partial charge in [0.2, 0.25) is 11.8 Å². The Balaban J connectivity index is 2.56. The van der Waals surface area contributed by atoms with Crippen LogP contribution in [-0.4, -0.2) is 76.1 Å². The Morgan fingerprint density at radius 1 is 0.932 bits per heavy atom. The molecule has 10 nitrogen and oxygen atoms in total. The molecule has 3 atom stereocenters. The Hall–Kier alpha value is -3.83. The lowest BCUT2D eigenvalue weighted by Crippen LogP contribution is -2.56. The highest BCUT2D eigenvalue weighted by Gasteiger charge is 2.38. The van der Waals surface area contributed by atoms with Gasteiger partial charge < -0.3 is 30.1 Å². The average Bonchev–Trinajstić information content (AvgIpc) is 2.93. The molecule has 2 aromatic carbocycles. The van der Waals surface area contributed by atoms with E-state index in [0.717, 1.165) is 10.5 Å². The van der Waals surface area contributed by atoms with Gasteiger partial charge in [0.25, 0.3) is 0 Å². The molecule has 0 heterocycles. The van der Waals surface area contributed by atoms with Gasteiger partial charge in [-0.25, -0.2) is 9.59 Å². The molecule has 0 aliphatic carbocycles. The summed E-state index contributed by atoms with van der Waals surface area (Å²) in [5.74, 6) is -2.13. The summed E-state index contributed by atoms with van der Waals surface area (Å²) in [5.41, 5.74) is 0.235. The number of amides is 3. The molecular formula is C33H45N3O7S. The second-order valence-electron chi connectivity index (χ2n) is 12.2. The van der Waals surface area contributed by atoms with Gasteiger partial charge in [0.1, 0.15) is 29.3 Å². The summed E-state index contributed by atoms with van der Waals surface area (Å²) < 4.78 is 10.9. The number of rotatable bonds is 13. The van der Waals surface area contributed by atoms with Gasteiger partial charge in [-0.3, -0.25) is 9.59 Å². The zero-order chi connectivity index (χ0) is 33.1. The van der Waals surface area contributed by atoms with E-state index >= 15 is 0 Å². The number of hydrogen-bond donors (Lipinski definition) is 4. The molecule has 0 aliphatic heterocycles. The fourth-order valence-electron chi connectivity index (χ4n) is 4.31. The Kier molecular flexibility index (Phi) is 13.5. The normalized spacial score (nSPS) is 13.5. The van der Waals surface area contributed by atoms with Crippen molar-refractivity contribution in [1.29, 1.82) is 0 Å². The molecule has 44 heavy (non-hydrogen) atoms. The van der Waals surface area contributed by atoms with Crippen molar-refractivity contribution in [2.24, 2.45) is 0 Å². The predicted molar refractivity (Wildman–Crippen MR) is 173 cm³/mol. The lowest BCUT2D eigenvalue weighted by atomic mass is 9.99. The number of nitrogens with zero attached hydrogens (tertiary/aromatic N) is 1. The Bertz CT molecular complexity index is 1290. The van der Waals surface area contributed by atoms with Crippen LogP contribution in [0.15, 0.2) is 61.2 Å². The van der Waals surface area contributed by atoms with Gasteiger partial charge >= 0.3 is 12.1 Å². The van der Waals surface area contributed by atoms with Crippen LogP contribution in [0, 0.1) is 0 Å². The molecular weight excluding hydrogens is 582 g/mol. The van der Waals surface area contributed by atoms with Gasteiger partial charge in [0, 0.05) is 18.7 Å². The van der Waals surface area contributed by atoms with Crippen molar-refractivity contribution in [3.8, 4) is 0 Å². The molecule has 0 saturated carbocycles. The molecule has 0 fully saturated rings. The highest BCUT2D eigenvalue weighted by atomic mass is 32.1. The van der Waals surface area contributed by atoms with Crippen LogP contribution in [0.1, 0.15) is 64.3 Å². The molecule has 0 spiro atoms. The van der Waals surface area contributed by atoms with Crippen LogP contribution in [0.2, 0.25) is 0 Å². The molecule has 0 aromatic heterocycles. The lowest BCUT2D eigenvalue weighted by Gasteiger charge is -2.35. The van der Waals surface area contributed by atoms with E-state index in [-0.39, 0.29) is 18.7 Å². The number of carbonyl (C=O) groups excluding carboxylic acids is 4. The maximum absolute atomic E-state index is 14.2. The first-order valence-electron chi connectivity index (χ1n) is 14.4. The molecule has 11 heteroatoms. The zero-order valence-corrected chi connectivity index (χ0v) is 27.2. The Morgan fingerprint density at radius 3 is 2.11 bits per heavy atom. The van der Waals surface area contributed by atoms with E-state index in [9.17, 15) is 24.3 Å². The SMILES string of the molecule is C=Cc1cccc(C(C(=O)NC(Cc2ccccc2)C(=O)OC(C)(C)C)N(CCO)C(=O)C(CS)NC(=O)OC(C)(C)C)c1. The smallest absolute Gasteiger partial charge is 0.408 e.